The summed E-state index contributed by atoms with van der Waals surface area (Å²) in [5, 5.41) is 0.616. The Kier molecular flexibility index (Phi) is 9.05. The SMILES string of the molecule is O=C(CN1C(=O)S/C(=C/c2ccc(OCc3ccc(Cl)cc3Cl)c(Br)c2)C1=O)N1CCN(c2ccccc2)CC1. The molecule has 2 saturated heterocycles. The summed E-state index contributed by atoms with van der Waals surface area (Å²) in [6.07, 6.45) is 1.64. The second-order valence-electron chi connectivity index (χ2n) is 9.19. The van der Waals surface area contributed by atoms with Gasteiger partial charge in [-0.05, 0) is 75.7 Å². The van der Waals surface area contributed by atoms with Gasteiger partial charge in [0.15, 0.2) is 0 Å². The molecule has 206 valence electrons. The molecule has 0 aliphatic carbocycles. The fourth-order valence-corrected chi connectivity index (χ4v) is 6.21. The fraction of sp³-hybridized carbons (Fsp3) is 0.207. The summed E-state index contributed by atoms with van der Waals surface area (Å²) < 4.78 is 6.56. The van der Waals surface area contributed by atoms with Crippen molar-refractivity contribution in [2.45, 2.75) is 6.61 Å². The van der Waals surface area contributed by atoms with Gasteiger partial charge in [0.2, 0.25) is 5.91 Å². The molecule has 3 amide bonds. The summed E-state index contributed by atoms with van der Waals surface area (Å²) in [4.78, 5) is 43.8. The third-order valence-corrected chi connectivity index (χ3v) is 8.69. The molecule has 3 aromatic rings. The van der Waals surface area contributed by atoms with E-state index in [9.17, 15) is 14.4 Å². The summed E-state index contributed by atoms with van der Waals surface area (Å²) in [5.41, 5.74) is 2.61. The smallest absolute Gasteiger partial charge is 0.294 e. The van der Waals surface area contributed by atoms with Gasteiger partial charge in [0.1, 0.15) is 18.9 Å². The number of imide groups is 1. The zero-order chi connectivity index (χ0) is 28.2. The van der Waals surface area contributed by atoms with Crippen LogP contribution in [-0.4, -0.2) is 59.6 Å². The molecule has 0 spiro atoms. The topological polar surface area (TPSA) is 70.2 Å². The Morgan fingerprint density at radius 1 is 0.975 bits per heavy atom. The predicted molar refractivity (Wildman–Crippen MR) is 163 cm³/mol. The number of benzene rings is 3. The molecule has 2 aliphatic rings. The van der Waals surface area contributed by atoms with Gasteiger partial charge >= 0.3 is 0 Å². The number of piperazine rings is 1. The summed E-state index contributed by atoms with van der Waals surface area (Å²) in [6.45, 7) is 2.44. The highest BCUT2D eigenvalue weighted by molar-refractivity contribution is 9.10. The second kappa shape index (κ2) is 12.7. The van der Waals surface area contributed by atoms with Crippen molar-refractivity contribution in [1.29, 1.82) is 0 Å². The highest BCUT2D eigenvalue weighted by atomic mass is 79.9. The van der Waals surface area contributed by atoms with E-state index in [0.29, 0.717) is 52.0 Å². The van der Waals surface area contributed by atoms with Gasteiger partial charge in [-0.25, -0.2) is 0 Å². The Labute approximate surface area is 254 Å². The van der Waals surface area contributed by atoms with Crippen molar-refractivity contribution in [2.24, 2.45) is 0 Å². The van der Waals surface area contributed by atoms with Crippen molar-refractivity contribution in [3.05, 3.63) is 97.3 Å². The van der Waals surface area contributed by atoms with Crippen LogP contribution < -0.4 is 9.64 Å². The average molecular weight is 661 g/mol. The van der Waals surface area contributed by atoms with Gasteiger partial charge in [0.25, 0.3) is 11.1 Å². The molecular formula is C29H24BrCl2N3O4S. The number of hydrogen-bond donors (Lipinski definition) is 0. The lowest BCUT2D eigenvalue weighted by Gasteiger charge is -2.36. The average Bonchev–Trinajstić information content (AvgIpc) is 3.21. The predicted octanol–water partition coefficient (Wildman–Crippen LogP) is 6.72. The summed E-state index contributed by atoms with van der Waals surface area (Å²) in [5.74, 6) is -0.115. The summed E-state index contributed by atoms with van der Waals surface area (Å²) in [7, 11) is 0. The van der Waals surface area contributed by atoms with Crippen LogP contribution in [0.1, 0.15) is 11.1 Å². The lowest BCUT2D eigenvalue weighted by Crippen LogP contribution is -2.51. The molecule has 0 bridgehead atoms. The number of ether oxygens (including phenoxy) is 1. The largest absolute Gasteiger partial charge is 0.488 e. The molecule has 0 unspecified atom stereocenters. The number of thioether (sulfide) groups is 1. The minimum absolute atomic E-state index is 0.235. The van der Waals surface area contributed by atoms with Crippen LogP contribution in [0.25, 0.3) is 6.08 Å². The van der Waals surface area contributed by atoms with Gasteiger partial charge in [-0.15, -0.1) is 0 Å². The summed E-state index contributed by atoms with van der Waals surface area (Å²) >= 11 is 16.5. The molecule has 0 aromatic heterocycles. The minimum Gasteiger partial charge on any atom is -0.488 e. The fourth-order valence-electron chi connectivity index (χ4n) is 4.39. The molecule has 2 aliphatic heterocycles. The van der Waals surface area contributed by atoms with E-state index in [1.165, 1.54) is 0 Å². The van der Waals surface area contributed by atoms with Gasteiger partial charge in [-0.2, -0.15) is 0 Å². The normalized spacial score (nSPS) is 16.7. The number of hydrogen-bond acceptors (Lipinski definition) is 6. The first-order valence-corrected chi connectivity index (χ1v) is 14.8. The molecular weight excluding hydrogens is 637 g/mol. The van der Waals surface area contributed by atoms with Crippen LogP contribution >= 0.6 is 50.9 Å². The van der Waals surface area contributed by atoms with Crippen LogP contribution in [0.3, 0.4) is 0 Å². The molecule has 0 saturated carbocycles. The van der Waals surface area contributed by atoms with Gasteiger partial charge in [0, 0.05) is 47.5 Å². The Morgan fingerprint density at radius 3 is 2.42 bits per heavy atom. The number of anilines is 1. The van der Waals surface area contributed by atoms with Crippen molar-refractivity contribution < 1.29 is 19.1 Å². The molecule has 2 heterocycles. The number of rotatable bonds is 7. The molecule has 40 heavy (non-hydrogen) atoms. The maximum atomic E-state index is 13.0. The van der Waals surface area contributed by atoms with Crippen LogP contribution in [0.4, 0.5) is 10.5 Å². The first kappa shape index (κ1) is 28.5. The monoisotopic (exact) mass is 659 g/mol. The van der Waals surface area contributed by atoms with Gasteiger partial charge < -0.3 is 14.5 Å². The van der Waals surface area contributed by atoms with E-state index >= 15 is 0 Å². The Balaban J connectivity index is 1.18. The third-order valence-electron chi connectivity index (χ3n) is 6.57. The maximum absolute atomic E-state index is 13.0. The van der Waals surface area contributed by atoms with E-state index < -0.39 is 11.1 Å². The molecule has 0 atom stereocenters. The standard InChI is InChI=1S/C29H24BrCl2N3O4S/c30-23-14-19(6-9-25(23)39-18-20-7-8-21(31)16-24(20)32)15-26-28(37)35(29(38)40-26)17-27(36)34-12-10-33(11-13-34)22-4-2-1-3-5-22/h1-9,14-16H,10-13,17-18H2/b26-15+. The van der Waals surface area contributed by atoms with Gasteiger partial charge in [0.05, 0.1) is 9.38 Å². The highest BCUT2D eigenvalue weighted by Gasteiger charge is 2.37. The van der Waals surface area contributed by atoms with E-state index in [4.69, 9.17) is 27.9 Å². The van der Waals surface area contributed by atoms with Crippen molar-refractivity contribution in [3.8, 4) is 5.75 Å². The van der Waals surface area contributed by atoms with E-state index in [0.717, 1.165) is 27.9 Å². The molecule has 0 radical (unpaired) electrons. The third kappa shape index (κ3) is 6.66. The minimum atomic E-state index is -0.472. The first-order chi connectivity index (χ1) is 19.3. The highest BCUT2D eigenvalue weighted by Crippen LogP contribution is 2.34. The number of halogens is 3. The second-order valence-corrected chi connectivity index (χ2v) is 11.9. The van der Waals surface area contributed by atoms with Crippen LogP contribution in [0, 0.1) is 0 Å². The summed E-state index contributed by atoms with van der Waals surface area (Å²) in [6, 6.07) is 20.6. The Hall–Kier alpha value is -2.98. The molecule has 7 nitrogen and oxygen atoms in total. The molecule has 3 aromatic carbocycles. The van der Waals surface area contributed by atoms with Crippen LogP contribution in [0.5, 0.6) is 5.75 Å². The lowest BCUT2D eigenvalue weighted by atomic mass is 10.2. The first-order valence-electron chi connectivity index (χ1n) is 12.5. The van der Waals surface area contributed by atoms with Gasteiger partial charge in [-0.1, -0.05) is 53.5 Å². The van der Waals surface area contributed by atoms with E-state index in [2.05, 4.69) is 20.8 Å². The van der Waals surface area contributed by atoms with Crippen LogP contribution in [0.15, 0.2) is 76.1 Å². The molecule has 5 rings (SSSR count). The number of amides is 3. The van der Waals surface area contributed by atoms with Gasteiger partial charge in [-0.3, -0.25) is 19.3 Å². The molecule has 11 heteroatoms. The van der Waals surface area contributed by atoms with E-state index in [1.807, 2.05) is 30.3 Å². The zero-order valence-electron chi connectivity index (χ0n) is 21.2. The van der Waals surface area contributed by atoms with Crippen molar-refractivity contribution >= 4 is 79.7 Å². The molecule has 0 N–H and O–H groups in total. The van der Waals surface area contributed by atoms with Crippen molar-refractivity contribution in [2.75, 3.05) is 37.6 Å². The maximum Gasteiger partial charge on any atom is 0.294 e. The van der Waals surface area contributed by atoms with Crippen molar-refractivity contribution in [3.63, 3.8) is 0 Å². The van der Waals surface area contributed by atoms with Crippen LogP contribution in [0.2, 0.25) is 10.0 Å². The Bertz CT molecular complexity index is 1480. The van der Waals surface area contributed by atoms with E-state index in [1.54, 1.807) is 47.4 Å². The number of carbonyl (C=O) groups is 3. The number of para-hydroxylation sites is 1. The van der Waals surface area contributed by atoms with Crippen molar-refractivity contribution in [1.82, 2.24) is 9.80 Å². The van der Waals surface area contributed by atoms with E-state index in [-0.39, 0.29) is 24.0 Å². The van der Waals surface area contributed by atoms with Crippen LogP contribution in [-0.2, 0) is 16.2 Å². The quantitative estimate of drug-likeness (QED) is 0.262. The number of carbonyl (C=O) groups excluding carboxylic acids is 3. The number of nitrogens with zero attached hydrogens (tertiary/aromatic N) is 3. The lowest BCUT2D eigenvalue weighted by molar-refractivity contribution is -0.136. The zero-order valence-corrected chi connectivity index (χ0v) is 25.1. The molecule has 2 fully saturated rings. The Morgan fingerprint density at radius 2 is 1.73 bits per heavy atom.